The highest BCUT2D eigenvalue weighted by Gasteiger charge is 2.20. The predicted molar refractivity (Wildman–Crippen MR) is 60.6 cm³/mol. The van der Waals surface area contributed by atoms with Crippen LogP contribution in [-0.2, 0) is 9.84 Å². The van der Waals surface area contributed by atoms with Gasteiger partial charge < -0.3 is 10.0 Å². The highest BCUT2D eigenvalue weighted by atomic mass is 32.2. The molecule has 0 saturated carbocycles. The van der Waals surface area contributed by atoms with Crippen molar-refractivity contribution in [2.75, 3.05) is 37.7 Å². The van der Waals surface area contributed by atoms with Crippen LogP contribution >= 0.6 is 0 Å². The number of sulfone groups is 1. The molecule has 0 bridgehead atoms. The van der Waals surface area contributed by atoms with Gasteiger partial charge in [0.1, 0.15) is 0 Å². The molecule has 1 aliphatic rings. The normalized spacial score (nSPS) is 23.9. The maximum Gasteiger partial charge on any atom is 0.152 e. The van der Waals surface area contributed by atoms with E-state index in [1.165, 1.54) is 0 Å². The Hall–Kier alpha value is -0.130. The Morgan fingerprint density at radius 2 is 1.93 bits per heavy atom. The summed E-state index contributed by atoms with van der Waals surface area (Å²) in [6.45, 7) is 4.58. The number of aliphatic hydroxyl groups is 1. The maximum absolute atomic E-state index is 11.2. The molecule has 1 fully saturated rings. The molecular weight excluding hydrogens is 214 g/mol. The van der Waals surface area contributed by atoms with Gasteiger partial charge in [-0.1, -0.05) is 6.92 Å². The van der Waals surface area contributed by atoms with Gasteiger partial charge in [-0.05, 0) is 25.3 Å². The van der Waals surface area contributed by atoms with Gasteiger partial charge in [0.25, 0.3) is 0 Å². The van der Waals surface area contributed by atoms with Gasteiger partial charge in [-0.3, -0.25) is 0 Å². The summed E-state index contributed by atoms with van der Waals surface area (Å²) >= 11 is 0. The molecule has 90 valence electrons. The molecule has 0 radical (unpaired) electrons. The zero-order chi connectivity index (χ0) is 11.3. The van der Waals surface area contributed by atoms with Gasteiger partial charge in [-0.2, -0.15) is 0 Å². The van der Waals surface area contributed by atoms with Crippen molar-refractivity contribution in [3.8, 4) is 0 Å². The summed E-state index contributed by atoms with van der Waals surface area (Å²) in [7, 11) is -2.74. The fraction of sp³-hybridized carbons (Fsp3) is 1.00. The molecule has 4 nitrogen and oxygen atoms in total. The van der Waals surface area contributed by atoms with Gasteiger partial charge in [-0.15, -0.1) is 0 Å². The van der Waals surface area contributed by atoms with Crippen LogP contribution in [0.5, 0.6) is 0 Å². The molecule has 15 heavy (non-hydrogen) atoms. The number of hydrogen-bond donors (Lipinski definition) is 1. The molecule has 1 aliphatic heterocycles. The van der Waals surface area contributed by atoms with Crippen molar-refractivity contribution in [2.24, 2.45) is 5.92 Å². The number of rotatable bonds is 5. The van der Waals surface area contributed by atoms with E-state index < -0.39 is 9.84 Å². The van der Waals surface area contributed by atoms with Gasteiger partial charge in [0, 0.05) is 19.7 Å². The lowest BCUT2D eigenvalue weighted by atomic mass is 10.1. The maximum atomic E-state index is 11.2. The fourth-order valence-electron chi connectivity index (χ4n) is 1.73. The Bertz CT molecular complexity index is 262. The molecule has 0 aliphatic carbocycles. The molecule has 1 unspecified atom stereocenters. The summed E-state index contributed by atoms with van der Waals surface area (Å²) in [5.41, 5.74) is 0. The summed E-state index contributed by atoms with van der Waals surface area (Å²) in [5.74, 6) is 0.976. The van der Waals surface area contributed by atoms with Crippen LogP contribution in [0.1, 0.15) is 19.8 Å². The van der Waals surface area contributed by atoms with E-state index in [0.29, 0.717) is 30.5 Å². The van der Waals surface area contributed by atoms with Gasteiger partial charge >= 0.3 is 0 Å². The van der Waals surface area contributed by atoms with Gasteiger partial charge in [-0.25, -0.2) is 8.42 Å². The van der Waals surface area contributed by atoms with Crippen LogP contribution in [0.3, 0.4) is 0 Å². The fourth-order valence-corrected chi connectivity index (χ4v) is 3.01. The van der Waals surface area contributed by atoms with Crippen molar-refractivity contribution in [3.63, 3.8) is 0 Å². The highest BCUT2D eigenvalue weighted by Crippen LogP contribution is 2.08. The van der Waals surface area contributed by atoms with Gasteiger partial charge in [0.05, 0.1) is 11.5 Å². The van der Waals surface area contributed by atoms with Gasteiger partial charge in [0.15, 0.2) is 9.84 Å². The quantitative estimate of drug-likeness (QED) is 0.735. The third-order valence-electron chi connectivity index (χ3n) is 2.92. The van der Waals surface area contributed by atoms with Crippen LogP contribution < -0.4 is 0 Å². The first-order valence-corrected chi connectivity index (χ1v) is 7.39. The van der Waals surface area contributed by atoms with E-state index in [0.717, 1.165) is 19.4 Å². The third kappa shape index (κ3) is 4.95. The van der Waals surface area contributed by atoms with Crippen LogP contribution in [0.4, 0.5) is 0 Å². The smallest absolute Gasteiger partial charge is 0.152 e. The van der Waals surface area contributed by atoms with Crippen LogP contribution in [0, 0.1) is 5.92 Å². The minimum atomic E-state index is -2.74. The van der Waals surface area contributed by atoms with Crippen LogP contribution in [0.15, 0.2) is 0 Å². The van der Waals surface area contributed by atoms with Crippen LogP contribution in [-0.4, -0.2) is 56.2 Å². The molecule has 0 aromatic rings. The largest absolute Gasteiger partial charge is 0.396 e. The Morgan fingerprint density at radius 1 is 1.33 bits per heavy atom. The molecule has 1 rings (SSSR count). The van der Waals surface area contributed by atoms with Gasteiger partial charge in [0.2, 0.25) is 0 Å². The first-order chi connectivity index (χ1) is 7.03. The molecule has 0 amide bonds. The van der Waals surface area contributed by atoms with Crippen molar-refractivity contribution in [1.29, 1.82) is 0 Å². The summed E-state index contributed by atoms with van der Waals surface area (Å²) < 4.78 is 22.3. The van der Waals surface area contributed by atoms with Crippen molar-refractivity contribution in [3.05, 3.63) is 0 Å². The van der Waals surface area contributed by atoms with E-state index >= 15 is 0 Å². The lowest BCUT2D eigenvalue weighted by Gasteiger charge is -2.26. The third-order valence-corrected chi connectivity index (χ3v) is 4.53. The zero-order valence-electron chi connectivity index (χ0n) is 9.35. The zero-order valence-corrected chi connectivity index (χ0v) is 10.2. The Balaban J connectivity index is 2.14. The number of aliphatic hydroxyl groups excluding tert-OH is 1. The predicted octanol–water partition coefficient (Wildman–Crippen LogP) is 0.125. The summed E-state index contributed by atoms with van der Waals surface area (Å²) in [6.07, 6.45) is 2.06. The summed E-state index contributed by atoms with van der Waals surface area (Å²) in [6, 6.07) is 0. The van der Waals surface area contributed by atoms with Crippen molar-refractivity contribution in [2.45, 2.75) is 19.8 Å². The molecule has 0 aromatic carbocycles. The van der Waals surface area contributed by atoms with E-state index in [1.807, 2.05) is 6.92 Å². The second kappa shape index (κ2) is 5.82. The SMILES string of the molecule is CC(CO)CCCN1CCS(=O)(=O)CC1. The second-order valence-electron chi connectivity index (χ2n) is 4.42. The monoisotopic (exact) mass is 235 g/mol. The highest BCUT2D eigenvalue weighted by molar-refractivity contribution is 7.91. The molecule has 1 heterocycles. The van der Waals surface area contributed by atoms with E-state index in [1.54, 1.807) is 0 Å². The number of nitrogens with zero attached hydrogens (tertiary/aromatic N) is 1. The summed E-state index contributed by atoms with van der Waals surface area (Å²) in [4.78, 5) is 2.20. The van der Waals surface area contributed by atoms with E-state index in [4.69, 9.17) is 5.11 Å². The molecule has 1 saturated heterocycles. The first kappa shape index (κ1) is 12.9. The average molecular weight is 235 g/mol. The second-order valence-corrected chi connectivity index (χ2v) is 6.73. The lowest BCUT2D eigenvalue weighted by Crippen LogP contribution is -2.40. The molecular formula is C10H21NO3S. The van der Waals surface area contributed by atoms with Crippen molar-refractivity contribution < 1.29 is 13.5 Å². The minimum absolute atomic E-state index is 0.244. The molecule has 0 aromatic heterocycles. The van der Waals surface area contributed by atoms with E-state index in [-0.39, 0.29) is 6.61 Å². The Labute approximate surface area is 92.2 Å². The minimum Gasteiger partial charge on any atom is -0.396 e. The molecule has 0 spiro atoms. The topological polar surface area (TPSA) is 57.6 Å². The Kier molecular flexibility index (Phi) is 5.02. The van der Waals surface area contributed by atoms with E-state index in [2.05, 4.69) is 4.90 Å². The van der Waals surface area contributed by atoms with Crippen molar-refractivity contribution >= 4 is 9.84 Å². The standard InChI is InChI=1S/C10H21NO3S/c1-10(9-12)3-2-4-11-5-7-15(13,14)8-6-11/h10,12H,2-9H2,1H3. The molecule has 1 atom stereocenters. The Morgan fingerprint density at radius 3 is 2.47 bits per heavy atom. The van der Waals surface area contributed by atoms with Crippen molar-refractivity contribution in [1.82, 2.24) is 4.90 Å². The molecule has 1 N–H and O–H groups in total. The van der Waals surface area contributed by atoms with E-state index in [9.17, 15) is 8.42 Å². The first-order valence-electron chi connectivity index (χ1n) is 5.57. The van der Waals surface area contributed by atoms with Crippen LogP contribution in [0.2, 0.25) is 0 Å². The lowest BCUT2D eigenvalue weighted by molar-refractivity contribution is 0.217. The molecule has 5 heteroatoms. The number of hydrogen-bond acceptors (Lipinski definition) is 4. The summed E-state index contributed by atoms with van der Waals surface area (Å²) in [5, 5.41) is 8.85. The van der Waals surface area contributed by atoms with Crippen LogP contribution in [0.25, 0.3) is 0 Å². The average Bonchev–Trinajstić information content (AvgIpc) is 2.20.